The van der Waals surface area contributed by atoms with Crippen molar-refractivity contribution in [2.75, 3.05) is 6.61 Å². The fourth-order valence-corrected chi connectivity index (χ4v) is 3.32. The Labute approximate surface area is 105 Å². The van der Waals surface area contributed by atoms with Crippen LogP contribution < -0.4 is 0 Å². The van der Waals surface area contributed by atoms with E-state index in [9.17, 15) is 0 Å². The first-order valence-corrected chi connectivity index (χ1v) is 6.86. The highest BCUT2D eigenvalue weighted by Gasteiger charge is 2.40. The van der Waals surface area contributed by atoms with Crippen molar-refractivity contribution in [2.45, 2.75) is 59.4 Å². The summed E-state index contributed by atoms with van der Waals surface area (Å²) in [6.45, 7) is 12.0. The monoisotopic (exact) mass is 238 g/mol. The van der Waals surface area contributed by atoms with Gasteiger partial charge >= 0.3 is 0 Å². The van der Waals surface area contributed by atoms with Crippen LogP contribution in [0.15, 0.2) is 11.6 Å². The molecule has 2 aliphatic rings. The van der Waals surface area contributed by atoms with Crippen molar-refractivity contribution in [3.8, 4) is 0 Å². The zero-order valence-electron chi connectivity index (χ0n) is 11.8. The largest absolute Gasteiger partial charge is 0.352 e. The normalized spacial score (nSPS) is 42.1. The van der Waals surface area contributed by atoms with E-state index in [0.29, 0.717) is 17.8 Å². The Morgan fingerprint density at radius 2 is 2.00 bits per heavy atom. The van der Waals surface area contributed by atoms with Crippen LogP contribution in [-0.2, 0) is 9.47 Å². The summed E-state index contributed by atoms with van der Waals surface area (Å²) in [5.74, 6) is 1.70. The van der Waals surface area contributed by atoms with E-state index in [-0.39, 0.29) is 11.9 Å². The summed E-state index contributed by atoms with van der Waals surface area (Å²) in [5, 5.41) is 0. The summed E-state index contributed by atoms with van der Waals surface area (Å²) < 4.78 is 12.0. The van der Waals surface area contributed by atoms with Crippen LogP contribution in [0.4, 0.5) is 0 Å². The molecule has 0 amide bonds. The second kappa shape index (κ2) is 4.74. The molecule has 1 saturated heterocycles. The molecule has 0 radical (unpaired) electrons. The van der Waals surface area contributed by atoms with Crippen molar-refractivity contribution >= 4 is 0 Å². The molecule has 4 atom stereocenters. The minimum Gasteiger partial charge on any atom is -0.352 e. The summed E-state index contributed by atoms with van der Waals surface area (Å²) in [7, 11) is 0. The number of hydrogen-bond donors (Lipinski definition) is 0. The van der Waals surface area contributed by atoms with Crippen molar-refractivity contribution in [3.05, 3.63) is 11.6 Å². The molecule has 0 aromatic carbocycles. The maximum Gasteiger partial charge on any atom is 0.161 e. The molecule has 0 N–H and O–H groups in total. The fourth-order valence-electron chi connectivity index (χ4n) is 3.32. The third-order valence-electron chi connectivity index (χ3n) is 4.19. The Morgan fingerprint density at radius 1 is 1.29 bits per heavy atom. The van der Waals surface area contributed by atoms with Gasteiger partial charge in [-0.3, -0.25) is 0 Å². The van der Waals surface area contributed by atoms with Gasteiger partial charge in [-0.15, -0.1) is 0 Å². The lowest BCUT2D eigenvalue weighted by Gasteiger charge is -2.44. The van der Waals surface area contributed by atoms with Crippen LogP contribution in [0, 0.1) is 17.8 Å². The molecule has 0 aromatic rings. The Hall–Kier alpha value is -0.340. The lowest BCUT2D eigenvalue weighted by atomic mass is 9.74. The fraction of sp³-hybridized carbons (Fsp3) is 0.867. The Balaban J connectivity index is 2.11. The number of rotatable bonds is 1. The smallest absolute Gasteiger partial charge is 0.161 e. The SMILES string of the molecule is CC1=C[C@H](C)[C@H]([C@@H]2OCCC(C)(C)O2)[C@@H](C)C1. The van der Waals surface area contributed by atoms with Crippen LogP contribution in [0.3, 0.4) is 0 Å². The molecule has 0 bridgehead atoms. The first-order chi connectivity index (χ1) is 7.89. The van der Waals surface area contributed by atoms with Gasteiger partial charge in [-0.2, -0.15) is 0 Å². The van der Waals surface area contributed by atoms with Crippen LogP contribution in [-0.4, -0.2) is 18.5 Å². The maximum absolute atomic E-state index is 6.14. The highest BCUT2D eigenvalue weighted by Crippen LogP contribution is 2.40. The van der Waals surface area contributed by atoms with E-state index < -0.39 is 0 Å². The standard InChI is InChI=1S/C15H26O2/c1-10-8-11(2)13(12(3)9-10)14-16-7-6-15(4,5)17-14/h8,11-14H,6-7,9H2,1-5H3/t11-,12-,13-,14+/m0/s1. The number of ether oxygens (including phenoxy) is 2. The molecule has 1 aliphatic carbocycles. The lowest BCUT2D eigenvalue weighted by molar-refractivity contribution is -0.275. The van der Waals surface area contributed by atoms with E-state index in [0.717, 1.165) is 13.0 Å². The minimum absolute atomic E-state index is 0.0203. The molecular formula is C15H26O2. The first kappa shape index (κ1) is 13.1. The molecule has 1 aliphatic heterocycles. The summed E-state index contributed by atoms with van der Waals surface area (Å²) in [4.78, 5) is 0. The van der Waals surface area contributed by atoms with Gasteiger partial charge in [-0.1, -0.05) is 25.5 Å². The number of hydrogen-bond acceptors (Lipinski definition) is 2. The molecule has 2 rings (SSSR count). The predicted octanol–water partition coefficient (Wildman–Crippen LogP) is 3.77. The average Bonchev–Trinajstić information content (AvgIpc) is 2.13. The van der Waals surface area contributed by atoms with Crippen LogP contribution >= 0.6 is 0 Å². The third-order valence-corrected chi connectivity index (χ3v) is 4.19. The van der Waals surface area contributed by atoms with Crippen molar-refractivity contribution in [2.24, 2.45) is 17.8 Å². The topological polar surface area (TPSA) is 18.5 Å². The van der Waals surface area contributed by atoms with Gasteiger partial charge in [0.2, 0.25) is 0 Å². The Bertz CT molecular complexity index is 306. The first-order valence-electron chi connectivity index (χ1n) is 6.86. The third kappa shape index (κ3) is 2.92. The van der Waals surface area contributed by atoms with E-state index in [2.05, 4.69) is 40.7 Å². The summed E-state index contributed by atoms with van der Waals surface area (Å²) in [5.41, 5.74) is 1.48. The highest BCUT2D eigenvalue weighted by atomic mass is 16.7. The van der Waals surface area contributed by atoms with Crippen LogP contribution in [0.1, 0.15) is 47.5 Å². The maximum atomic E-state index is 6.14. The zero-order valence-corrected chi connectivity index (χ0v) is 11.8. The van der Waals surface area contributed by atoms with Gasteiger partial charge in [0.05, 0.1) is 12.2 Å². The van der Waals surface area contributed by atoms with E-state index in [1.165, 1.54) is 12.0 Å². The molecule has 0 unspecified atom stereocenters. The molecule has 2 nitrogen and oxygen atoms in total. The average molecular weight is 238 g/mol. The molecule has 0 spiro atoms. The van der Waals surface area contributed by atoms with E-state index >= 15 is 0 Å². The molecule has 17 heavy (non-hydrogen) atoms. The Kier molecular flexibility index (Phi) is 3.65. The van der Waals surface area contributed by atoms with Gasteiger partial charge in [0, 0.05) is 5.92 Å². The predicted molar refractivity (Wildman–Crippen MR) is 69.7 cm³/mol. The lowest BCUT2D eigenvalue weighted by Crippen LogP contribution is -2.46. The van der Waals surface area contributed by atoms with Crippen LogP contribution in [0.2, 0.25) is 0 Å². The van der Waals surface area contributed by atoms with Gasteiger partial charge in [0.25, 0.3) is 0 Å². The van der Waals surface area contributed by atoms with Crippen molar-refractivity contribution in [1.29, 1.82) is 0 Å². The van der Waals surface area contributed by atoms with Gasteiger partial charge in [-0.25, -0.2) is 0 Å². The molecule has 0 saturated carbocycles. The van der Waals surface area contributed by atoms with E-state index in [1.807, 2.05) is 0 Å². The van der Waals surface area contributed by atoms with Gasteiger partial charge in [-0.05, 0) is 45.4 Å². The van der Waals surface area contributed by atoms with Crippen LogP contribution in [0.5, 0.6) is 0 Å². The van der Waals surface area contributed by atoms with Gasteiger partial charge in [0.15, 0.2) is 6.29 Å². The summed E-state index contributed by atoms with van der Waals surface area (Å²) in [6.07, 6.45) is 4.54. The van der Waals surface area contributed by atoms with Crippen molar-refractivity contribution < 1.29 is 9.47 Å². The molecule has 1 heterocycles. The van der Waals surface area contributed by atoms with Gasteiger partial charge < -0.3 is 9.47 Å². The van der Waals surface area contributed by atoms with Crippen molar-refractivity contribution in [3.63, 3.8) is 0 Å². The van der Waals surface area contributed by atoms with E-state index in [4.69, 9.17) is 9.47 Å². The summed E-state index contributed by atoms with van der Waals surface area (Å²) in [6, 6.07) is 0. The summed E-state index contributed by atoms with van der Waals surface area (Å²) >= 11 is 0. The minimum atomic E-state index is -0.0292. The molecule has 2 heteroatoms. The highest BCUT2D eigenvalue weighted by molar-refractivity contribution is 5.09. The van der Waals surface area contributed by atoms with E-state index in [1.54, 1.807) is 0 Å². The second-order valence-electron chi connectivity index (χ2n) is 6.50. The second-order valence-corrected chi connectivity index (χ2v) is 6.50. The molecule has 1 fully saturated rings. The molecule has 98 valence electrons. The Morgan fingerprint density at radius 3 is 2.59 bits per heavy atom. The number of allylic oxidation sites excluding steroid dienone is 2. The zero-order chi connectivity index (χ0) is 12.6. The van der Waals surface area contributed by atoms with Crippen LogP contribution in [0.25, 0.3) is 0 Å². The quantitative estimate of drug-likeness (QED) is 0.647. The van der Waals surface area contributed by atoms with Gasteiger partial charge in [0.1, 0.15) is 0 Å². The molecule has 0 aromatic heterocycles. The van der Waals surface area contributed by atoms with Crippen molar-refractivity contribution in [1.82, 2.24) is 0 Å². The molecular weight excluding hydrogens is 212 g/mol.